The first-order valence-corrected chi connectivity index (χ1v) is 10.2. The molecule has 2 N–H and O–H groups in total. The van der Waals surface area contributed by atoms with Crippen molar-refractivity contribution in [3.63, 3.8) is 0 Å². The van der Waals surface area contributed by atoms with Crippen molar-refractivity contribution in [2.45, 2.75) is 32.6 Å². The Bertz CT molecular complexity index is 1010. The number of nitriles is 1. The van der Waals surface area contributed by atoms with Crippen LogP contribution < -0.4 is 15.2 Å². The molecular formula is C25H27N3O2. The Kier molecular flexibility index (Phi) is 7.29. The van der Waals surface area contributed by atoms with Gasteiger partial charge in [0.15, 0.2) is 0 Å². The zero-order valence-electron chi connectivity index (χ0n) is 17.5. The van der Waals surface area contributed by atoms with E-state index in [1.165, 1.54) is 19.3 Å². The molecule has 0 aliphatic carbocycles. The van der Waals surface area contributed by atoms with Crippen molar-refractivity contribution in [3.05, 3.63) is 60.2 Å². The maximum atomic E-state index is 9.62. The van der Waals surface area contributed by atoms with Crippen molar-refractivity contribution in [2.24, 2.45) is 0 Å². The lowest BCUT2D eigenvalue weighted by Gasteiger charge is -2.12. The van der Waals surface area contributed by atoms with E-state index < -0.39 is 0 Å². The average Bonchev–Trinajstić information content (AvgIpc) is 2.79. The monoisotopic (exact) mass is 401 g/mol. The van der Waals surface area contributed by atoms with Crippen molar-refractivity contribution >= 4 is 5.82 Å². The standard InChI is InChI=1S/C25H27N3O2/c1-3-4-5-6-15-30-21-13-7-18(8-14-21)22-16-24(28-25(27)23(22)17-26)19-9-11-20(29-2)12-10-19/h7-14,16H,3-6,15H2,1-2H3,(H2,27,28). The number of nitrogens with two attached hydrogens (primary N) is 1. The number of anilines is 1. The number of rotatable bonds is 9. The molecule has 0 atom stereocenters. The molecule has 5 heteroatoms. The van der Waals surface area contributed by atoms with Gasteiger partial charge in [-0.15, -0.1) is 0 Å². The van der Waals surface area contributed by atoms with Crippen LogP contribution in [0.3, 0.4) is 0 Å². The van der Waals surface area contributed by atoms with E-state index >= 15 is 0 Å². The summed E-state index contributed by atoms with van der Waals surface area (Å²) in [7, 11) is 1.63. The highest BCUT2D eigenvalue weighted by Crippen LogP contribution is 2.32. The summed E-state index contributed by atoms with van der Waals surface area (Å²) in [5.41, 5.74) is 9.76. The predicted molar refractivity (Wildman–Crippen MR) is 120 cm³/mol. The number of ether oxygens (including phenoxy) is 2. The summed E-state index contributed by atoms with van der Waals surface area (Å²) in [4.78, 5) is 4.43. The Morgan fingerprint density at radius 3 is 2.23 bits per heavy atom. The average molecular weight is 402 g/mol. The van der Waals surface area contributed by atoms with E-state index in [0.29, 0.717) is 17.9 Å². The summed E-state index contributed by atoms with van der Waals surface area (Å²) < 4.78 is 11.0. The minimum Gasteiger partial charge on any atom is -0.497 e. The second kappa shape index (κ2) is 10.3. The Morgan fingerprint density at radius 2 is 1.60 bits per heavy atom. The molecule has 1 heterocycles. The first-order chi connectivity index (χ1) is 14.7. The van der Waals surface area contributed by atoms with Crippen LogP contribution in [0.25, 0.3) is 22.4 Å². The predicted octanol–water partition coefficient (Wildman–Crippen LogP) is 5.84. The molecule has 0 aliphatic heterocycles. The Hall–Kier alpha value is -3.52. The maximum Gasteiger partial charge on any atom is 0.142 e. The number of aromatic nitrogens is 1. The number of nitrogens with zero attached hydrogens (tertiary/aromatic N) is 2. The number of benzene rings is 2. The lowest BCUT2D eigenvalue weighted by atomic mass is 9.98. The van der Waals surface area contributed by atoms with Gasteiger partial charge in [0.25, 0.3) is 0 Å². The van der Waals surface area contributed by atoms with Crippen LogP contribution in [0.2, 0.25) is 0 Å². The van der Waals surface area contributed by atoms with Gasteiger partial charge in [0.05, 0.1) is 19.4 Å². The molecule has 2 aromatic carbocycles. The highest BCUT2D eigenvalue weighted by atomic mass is 16.5. The fraction of sp³-hybridized carbons (Fsp3) is 0.280. The summed E-state index contributed by atoms with van der Waals surface area (Å²) in [6.07, 6.45) is 4.69. The third kappa shape index (κ3) is 5.09. The van der Waals surface area contributed by atoms with Crippen molar-refractivity contribution in [2.75, 3.05) is 19.5 Å². The highest BCUT2D eigenvalue weighted by molar-refractivity contribution is 5.80. The number of methoxy groups -OCH3 is 1. The van der Waals surface area contributed by atoms with Gasteiger partial charge in [0.1, 0.15) is 28.9 Å². The van der Waals surface area contributed by atoms with E-state index in [2.05, 4.69) is 18.0 Å². The van der Waals surface area contributed by atoms with Gasteiger partial charge in [-0.1, -0.05) is 38.3 Å². The minimum atomic E-state index is 0.220. The molecule has 0 fully saturated rings. The van der Waals surface area contributed by atoms with Crippen molar-refractivity contribution in [3.8, 4) is 40.0 Å². The van der Waals surface area contributed by atoms with Crippen LogP contribution in [-0.4, -0.2) is 18.7 Å². The van der Waals surface area contributed by atoms with Crippen LogP contribution in [-0.2, 0) is 0 Å². The van der Waals surface area contributed by atoms with Gasteiger partial charge in [-0.25, -0.2) is 4.98 Å². The molecule has 0 amide bonds. The largest absolute Gasteiger partial charge is 0.497 e. The topological polar surface area (TPSA) is 81.2 Å². The van der Waals surface area contributed by atoms with Crippen LogP contribution >= 0.6 is 0 Å². The Morgan fingerprint density at radius 1 is 0.933 bits per heavy atom. The second-order valence-electron chi connectivity index (χ2n) is 7.09. The molecule has 3 aromatic rings. The zero-order chi connectivity index (χ0) is 21.3. The molecule has 0 bridgehead atoms. The summed E-state index contributed by atoms with van der Waals surface area (Å²) in [6, 6.07) is 19.4. The molecule has 154 valence electrons. The van der Waals surface area contributed by atoms with Crippen molar-refractivity contribution in [1.82, 2.24) is 4.98 Å². The third-order valence-corrected chi connectivity index (χ3v) is 4.98. The van der Waals surface area contributed by atoms with Gasteiger partial charge in [-0.05, 0) is 54.4 Å². The maximum absolute atomic E-state index is 9.62. The Balaban J connectivity index is 1.85. The molecule has 0 spiro atoms. The van der Waals surface area contributed by atoms with Gasteiger partial charge < -0.3 is 15.2 Å². The normalized spacial score (nSPS) is 10.4. The number of nitrogen functional groups attached to an aromatic ring is 1. The second-order valence-corrected chi connectivity index (χ2v) is 7.09. The number of unbranched alkanes of at least 4 members (excludes halogenated alkanes) is 3. The molecule has 5 nitrogen and oxygen atoms in total. The van der Waals surface area contributed by atoms with E-state index in [1.54, 1.807) is 7.11 Å². The molecule has 0 aliphatic rings. The van der Waals surface area contributed by atoms with Gasteiger partial charge in [0, 0.05) is 11.1 Å². The highest BCUT2D eigenvalue weighted by Gasteiger charge is 2.14. The molecule has 1 aromatic heterocycles. The van der Waals surface area contributed by atoms with Gasteiger partial charge >= 0.3 is 0 Å². The van der Waals surface area contributed by atoms with Crippen molar-refractivity contribution in [1.29, 1.82) is 5.26 Å². The summed E-state index contributed by atoms with van der Waals surface area (Å²) in [6.45, 7) is 2.91. The van der Waals surface area contributed by atoms with Gasteiger partial charge in [-0.3, -0.25) is 0 Å². The number of pyridine rings is 1. The van der Waals surface area contributed by atoms with Crippen LogP contribution in [0.1, 0.15) is 38.2 Å². The Labute approximate surface area is 178 Å². The van der Waals surface area contributed by atoms with Crippen molar-refractivity contribution < 1.29 is 9.47 Å². The first-order valence-electron chi connectivity index (χ1n) is 10.2. The lowest BCUT2D eigenvalue weighted by molar-refractivity contribution is 0.305. The van der Waals surface area contributed by atoms with E-state index in [0.717, 1.165) is 34.6 Å². The number of hydrogen-bond donors (Lipinski definition) is 1. The third-order valence-electron chi connectivity index (χ3n) is 4.98. The fourth-order valence-corrected chi connectivity index (χ4v) is 3.27. The van der Waals surface area contributed by atoms with E-state index in [9.17, 15) is 5.26 Å². The molecule has 0 unspecified atom stereocenters. The summed E-state index contributed by atoms with van der Waals surface area (Å²) in [5.74, 6) is 1.81. The van der Waals surface area contributed by atoms with Gasteiger partial charge in [0.2, 0.25) is 0 Å². The van der Waals surface area contributed by atoms with E-state index in [1.807, 2.05) is 54.6 Å². The fourth-order valence-electron chi connectivity index (χ4n) is 3.27. The lowest BCUT2D eigenvalue weighted by Crippen LogP contribution is -2.00. The van der Waals surface area contributed by atoms with Crippen LogP contribution in [0.5, 0.6) is 11.5 Å². The summed E-state index contributed by atoms with van der Waals surface area (Å²) in [5, 5.41) is 9.62. The molecular weight excluding hydrogens is 374 g/mol. The smallest absolute Gasteiger partial charge is 0.142 e. The van der Waals surface area contributed by atoms with E-state index in [-0.39, 0.29) is 5.82 Å². The SMILES string of the molecule is CCCCCCOc1ccc(-c2cc(-c3ccc(OC)cc3)nc(N)c2C#N)cc1. The van der Waals surface area contributed by atoms with Crippen LogP contribution in [0.4, 0.5) is 5.82 Å². The number of hydrogen-bond acceptors (Lipinski definition) is 5. The molecule has 0 radical (unpaired) electrons. The van der Waals surface area contributed by atoms with Crippen LogP contribution in [0.15, 0.2) is 54.6 Å². The van der Waals surface area contributed by atoms with Crippen LogP contribution in [0, 0.1) is 11.3 Å². The summed E-state index contributed by atoms with van der Waals surface area (Å²) >= 11 is 0. The van der Waals surface area contributed by atoms with E-state index in [4.69, 9.17) is 15.2 Å². The quantitative estimate of drug-likeness (QED) is 0.456. The first kappa shape index (κ1) is 21.2. The molecule has 0 saturated heterocycles. The molecule has 30 heavy (non-hydrogen) atoms. The molecule has 0 saturated carbocycles. The molecule has 3 rings (SSSR count). The minimum absolute atomic E-state index is 0.220. The van der Waals surface area contributed by atoms with Gasteiger partial charge in [-0.2, -0.15) is 5.26 Å². The zero-order valence-corrected chi connectivity index (χ0v) is 17.5.